The fourth-order valence-electron chi connectivity index (χ4n) is 2.16. The van der Waals surface area contributed by atoms with Gasteiger partial charge >= 0.3 is 0 Å². The zero-order valence-electron chi connectivity index (χ0n) is 11.2. The lowest BCUT2D eigenvalue weighted by molar-refractivity contribution is 0.556. The molecule has 0 fully saturated rings. The number of rotatable bonds is 3. The van der Waals surface area contributed by atoms with Gasteiger partial charge in [-0.2, -0.15) is 0 Å². The van der Waals surface area contributed by atoms with Crippen molar-refractivity contribution in [1.29, 1.82) is 0 Å². The third-order valence-corrected chi connectivity index (χ3v) is 3.30. The van der Waals surface area contributed by atoms with Gasteiger partial charge in [0.05, 0.1) is 11.9 Å². The molecule has 2 aromatic carbocycles. The van der Waals surface area contributed by atoms with Crippen LogP contribution in [0.1, 0.15) is 11.1 Å². The van der Waals surface area contributed by atoms with Crippen LogP contribution in [0.3, 0.4) is 0 Å². The Balaban J connectivity index is 2.06. The van der Waals surface area contributed by atoms with Gasteiger partial charge in [0.15, 0.2) is 0 Å². The zero-order chi connectivity index (χ0) is 14.8. The maximum atomic E-state index is 13.8. The molecule has 3 rings (SSSR count). The SMILES string of the molecule is NCc1ccc(F)c(Cn2nnc3ccccc3c2=O)c1. The molecule has 0 aliphatic carbocycles. The van der Waals surface area contributed by atoms with Crippen molar-refractivity contribution < 1.29 is 4.39 Å². The molecule has 0 unspecified atom stereocenters. The van der Waals surface area contributed by atoms with Gasteiger partial charge in [0, 0.05) is 12.1 Å². The molecule has 0 aliphatic rings. The monoisotopic (exact) mass is 284 g/mol. The van der Waals surface area contributed by atoms with E-state index < -0.39 is 5.82 Å². The molecule has 0 atom stereocenters. The minimum Gasteiger partial charge on any atom is -0.326 e. The van der Waals surface area contributed by atoms with Crippen molar-refractivity contribution in [1.82, 2.24) is 15.0 Å². The molecular weight excluding hydrogens is 271 g/mol. The van der Waals surface area contributed by atoms with Gasteiger partial charge in [-0.3, -0.25) is 4.79 Å². The Morgan fingerprint density at radius 2 is 2.00 bits per heavy atom. The quantitative estimate of drug-likeness (QED) is 0.789. The summed E-state index contributed by atoms with van der Waals surface area (Å²) in [5.74, 6) is -0.394. The van der Waals surface area contributed by atoms with Gasteiger partial charge in [0.2, 0.25) is 0 Å². The summed E-state index contributed by atoms with van der Waals surface area (Å²) in [5, 5.41) is 8.29. The Kier molecular flexibility index (Phi) is 3.45. The van der Waals surface area contributed by atoms with Gasteiger partial charge in [-0.25, -0.2) is 9.07 Å². The highest BCUT2D eigenvalue weighted by atomic mass is 19.1. The molecule has 6 heteroatoms. The summed E-state index contributed by atoms with van der Waals surface area (Å²) in [4.78, 5) is 12.3. The maximum Gasteiger partial charge on any atom is 0.277 e. The Hall–Kier alpha value is -2.60. The van der Waals surface area contributed by atoms with Gasteiger partial charge in [-0.1, -0.05) is 23.4 Å². The van der Waals surface area contributed by atoms with Crippen LogP contribution in [-0.4, -0.2) is 15.0 Å². The lowest BCUT2D eigenvalue weighted by atomic mass is 10.1. The van der Waals surface area contributed by atoms with Crippen molar-refractivity contribution in [2.24, 2.45) is 5.73 Å². The highest BCUT2D eigenvalue weighted by Gasteiger charge is 2.09. The molecule has 0 spiro atoms. The van der Waals surface area contributed by atoms with Crippen molar-refractivity contribution in [3.05, 3.63) is 69.8 Å². The van der Waals surface area contributed by atoms with Crippen molar-refractivity contribution in [2.45, 2.75) is 13.1 Å². The van der Waals surface area contributed by atoms with Crippen LogP contribution in [0.4, 0.5) is 4.39 Å². The zero-order valence-corrected chi connectivity index (χ0v) is 11.2. The summed E-state index contributed by atoms with van der Waals surface area (Å²) in [6.07, 6.45) is 0. The molecule has 0 saturated heterocycles. The minimum atomic E-state index is -0.394. The Morgan fingerprint density at radius 1 is 1.19 bits per heavy atom. The van der Waals surface area contributed by atoms with E-state index in [1.165, 1.54) is 6.07 Å². The first-order valence-electron chi connectivity index (χ1n) is 6.49. The van der Waals surface area contributed by atoms with Crippen molar-refractivity contribution in [3.63, 3.8) is 0 Å². The summed E-state index contributed by atoms with van der Waals surface area (Å²) >= 11 is 0. The van der Waals surface area contributed by atoms with Crippen LogP contribution in [0.2, 0.25) is 0 Å². The molecule has 0 amide bonds. The molecule has 21 heavy (non-hydrogen) atoms. The lowest BCUT2D eigenvalue weighted by Gasteiger charge is -2.07. The fourth-order valence-corrected chi connectivity index (χ4v) is 2.16. The van der Waals surface area contributed by atoms with Crippen LogP contribution in [0, 0.1) is 5.82 Å². The standard InChI is InChI=1S/C15H13FN4O/c16-13-6-5-10(8-17)7-11(13)9-20-15(21)12-3-1-2-4-14(12)18-19-20/h1-7H,8-9,17H2. The molecule has 0 bridgehead atoms. The lowest BCUT2D eigenvalue weighted by Crippen LogP contribution is -2.25. The highest BCUT2D eigenvalue weighted by molar-refractivity contribution is 5.76. The van der Waals surface area contributed by atoms with Gasteiger partial charge in [0.1, 0.15) is 11.3 Å². The number of aromatic nitrogens is 3. The smallest absolute Gasteiger partial charge is 0.277 e. The van der Waals surface area contributed by atoms with E-state index in [0.29, 0.717) is 23.0 Å². The third-order valence-electron chi connectivity index (χ3n) is 3.30. The highest BCUT2D eigenvalue weighted by Crippen LogP contribution is 2.11. The van der Waals surface area contributed by atoms with E-state index in [4.69, 9.17) is 5.73 Å². The van der Waals surface area contributed by atoms with Crippen LogP contribution < -0.4 is 11.3 Å². The molecule has 0 saturated carbocycles. The number of halogens is 1. The van der Waals surface area contributed by atoms with Crippen molar-refractivity contribution >= 4 is 10.9 Å². The number of fused-ring (bicyclic) bond motifs is 1. The molecule has 1 aromatic heterocycles. The molecular formula is C15H13FN4O. The van der Waals surface area contributed by atoms with Gasteiger partial charge < -0.3 is 5.73 Å². The Morgan fingerprint density at radius 3 is 2.81 bits per heavy atom. The van der Waals surface area contributed by atoms with E-state index in [2.05, 4.69) is 10.3 Å². The van der Waals surface area contributed by atoms with Crippen molar-refractivity contribution in [3.8, 4) is 0 Å². The van der Waals surface area contributed by atoms with Gasteiger partial charge in [0.25, 0.3) is 5.56 Å². The molecule has 0 aliphatic heterocycles. The predicted octanol–water partition coefficient (Wildman–Crippen LogP) is 1.44. The van der Waals surface area contributed by atoms with Crippen LogP contribution in [-0.2, 0) is 13.1 Å². The van der Waals surface area contributed by atoms with Crippen LogP contribution in [0.25, 0.3) is 10.9 Å². The number of nitrogens with zero attached hydrogens (tertiary/aromatic N) is 3. The molecule has 106 valence electrons. The largest absolute Gasteiger partial charge is 0.326 e. The van der Waals surface area contributed by atoms with Crippen LogP contribution >= 0.6 is 0 Å². The van der Waals surface area contributed by atoms with Crippen LogP contribution in [0.15, 0.2) is 47.3 Å². The minimum absolute atomic E-state index is 0.0241. The first kappa shape index (κ1) is 13.4. The number of nitrogens with two attached hydrogens (primary N) is 1. The summed E-state index contributed by atoms with van der Waals surface area (Å²) < 4.78 is 15.0. The first-order chi connectivity index (χ1) is 10.2. The molecule has 1 heterocycles. The normalized spacial score (nSPS) is 11.0. The Labute approximate surface area is 119 Å². The second-order valence-corrected chi connectivity index (χ2v) is 4.70. The van der Waals surface area contributed by atoms with E-state index in [9.17, 15) is 9.18 Å². The number of hydrogen-bond acceptors (Lipinski definition) is 4. The molecule has 2 N–H and O–H groups in total. The second kappa shape index (κ2) is 5.41. The number of hydrogen-bond donors (Lipinski definition) is 1. The van der Waals surface area contributed by atoms with E-state index in [1.54, 1.807) is 36.4 Å². The summed E-state index contributed by atoms with van der Waals surface area (Å²) in [7, 11) is 0. The van der Waals surface area contributed by atoms with E-state index in [-0.39, 0.29) is 12.1 Å². The molecule has 3 aromatic rings. The van der Waals surface area contributed by atoms with E-state index in [0.717, 1.165) is 10.2 Å². The molecule has 0 radical (unpaired) electrons. The van der Waals surface area contributed by atoms with E-state index >= 15 is 0 Å². The van der Waals surface area contributed by atoms with E-state index in [1.807, 2.05) is 0 Å². The average Bonchev–Trinajstić information content (AvgIpc) is 2.52. The maximum absolute atomic E-state index is 13.8. The second-order valence-electron chi connectivity index (χ2n) is 4.70. The number of benzene rings is 2. The first-order valence-corrected chi connectivity index (χ1v) is 6.49. The van der Waals surface area contributed by atoms with Crippen LogP contribution in [0.5, 0.6) is 0 Å². The topological polar surface area (TPSA) is 73.8 Å². The predicted molar refractivity (Wildman–Crippen MR) is 77.2 cm³/mol. The molecule has 5 nitrogen and oxygen atoms in total. The Bertz CT molecular complexity index is 860. The summed E-state index contributed by atoms with van der Waals surface area (Å²) in [6.45, 7) is 0.335. The van der Waals surface area contributed by atoms with Crippen molar-refractivity contribution in [2.75, 3.05) is 0 Å². The summed E-state index contributed by atoms with van der Waals surface area (Å²) in [5.41, 5.74) is 6.94. The summed E-state index contributed by atoms with van der Waals surface area (Å²) in [6, 6.07) is 11.5. The average molecular weight is 284 g/mol. The van der Waals surface area contributed by atoms with Gasteiger partial charge in [-0.15, -0.1) is 5.10 Å². The van der Waals surface area contributed by atoms with Gasteiger partial charge in [-0.05, 0) is 29.8 Å². The fraction of sp³-hybridized carbons (Fsp3) is 0.133. The third kappa shape index (κ3) is 2.53.